The molecule has 0 aliphatic carbocycles. The van der Waals surface area contributed by atoms with Gasteiger partial charge in [0.15, 0.2) is 11.6 Å². The molecular formula is C8H10N4O4. The summed E-state index contributed by atoms with van der Waals surface area (Å²) in [5.41, 5.74) is 0. The molecular weight excluding hydrogens is 216 g/mol. The number of hydrogen-bond donors (Lipinski definition) is 0. The summed E-state index contributed by atoms with van der Waals surface area (Å²) in [4.78, 5) is 12.1. The molecule has 0 fully saturated rings. The first-order valence-electron chi connectivity index (χ1n) is 4.54. The molecule has 0 N–H and O–H groups in total. The van der Waals surface area contributed by atoms with E-state index in [1.165, 1.54) is 4.80 Å². The monoisotopic (exact) mass is 226 g/mol. The smallest absolute Gasteiger partial charge is 0.396 e. The van der Waals surface area contributed by atoms with Gasteiger partial charge in [-0.15, -0.1) is 10.2 Å². The predicted octanol–water partition coefficient (Wildman–Crippen LogP) is -0.278. The van der Waals surface area contributed by atoms with Crippen LogP contribution in [0, 0.1) is 6.92 Å². The molecule has 0 aliphatic heterocycles. The van der Waals surface area contributed by atoms with E-state index in [1.807, 2.05) is 0 Å². The number of methoxy groups -OCH3 is 1. The first kappa shape index (κ1) is 10.6. The average Bonchev–Trinajstić information content (AvgIpc) is 2.76. The Morgan fingerprint density at radius 2 is 2.25 bits per heavy atom. The zero-order chi connectivity index (χ0) is 11.5. The summed E-state index contributed by atoms with van der Waals surface area (Å²) in [6, 6.07) is 0. The van der Waals surface area contributed by atoms with Crippen LogP contribution in [0.1, 0.15) is 17.3 Å². The van der Waals surface area contributed by atoms with Crippen molar-refractivity contribution in [3.8, 4) is 0 Å². The minimum Gasteiger partial charge on any atom is -0.396 e. The van der Waals surface area contributed by atoms with E-state index in [0.29, 0.717) is 17.3 Å². The minimum absolute atomic E-state index is 0.203. The summed E-state index contributed by atoms with van der Waals surface area (Å²) in [7, 11) is 1.54. The fraction of sp³-hybridized carbons (Fsp3) is 0.500. The second-order valence-electron chi connectivity index (χ2n) is 3.10. The van der Waals surface area contributed by atoms with Crippen LogP contribution in [0.3, 0.4) is 0 Å². The van der Waals surface area contributed by atoms with Crippen LogP contribution in [0.15, 0.2) is 13.6 Å². The maximum Gasteiger partial charge on any atom is 0.519 e. The largest absolute Gasteiger partial charge is 0.519 e. The molecule has 2 aromatic rings. The second kappa shape index (κ2) is 4.27. The van der Waals surface area contributed by atoms with Gasteiger partial charge in [-0.25, -0.2) is 4.79 Å². The molecule has 0 amide bonds. The molecule has 8 heteroatoms. The average molecular weight is 226 g/mol. The van der Waals surface area contributed by atoms with Crippen molar-refractivity contribution in [2.75, 3.05) is 7.11 Å². The molecule has 0 spiro atoms. The van der Waals surface area contributed by atoms with Gasteiger partial charge in [0, 0.05) is 7.11 Å². The molecule has 0 aromatic carbocycles. The van der Waals surface area contributed by atoms with E-state index in [2.05, 4.69) is 15.4 Å². The first-order valence-corrected chi connectivity index (χ1v) is 4.54. The third kappa shape index (κ3) is 2.16. The fourth-order valence-electron chi connectivity index (χ4n) is 1.18. The number of aryl methyl sites for hydroxylation is 1. The van der Waals surface area contributed by atoms with Gasteiger partial charge in [0.05, 0.1) is 0 Å². The van der Waals surface area contributed by atoms with Gasteiger partial charge >= 0.3 is 5.82 Å². The Hall–Kier alpha value is -1.96. The van der Waals surface area contributed by atoms with Crippen molar-refractivity contribution < 1.29 is 13.6 Å². The van der Waals surface area contributed by atoms with Crippen LogP contribution in [0.2, 0.25) is 0 Å². The second-order valence-corrected chi connectivity index (χ2v) is 3.10. The summed E-state index contributed by atoms with van der Waals surface area (Å²) in [6.07, 6.45) is 0. The van der Waals surface area contributed by atoms with Gasteiger partial charge in [-0.1, -0.05) is 0 Å². The molecule has 0 saturated carbocycles. The molecule has 2 rings (SSSR count). The van der Waals surface area contributed by atoms with Gasteiger partial charge in [0.25, 0.3) is 0 Å². The molecule has 0 atom stereocenters. The summed E-state index contributed by atoms with van der Waals surface area (Å²) in [6.45, 7) is 2.12. The van der Waals surface area contributed by atoms with Crippen LogP contribution < -0.4 is 5.82 Å². The zero-order valence-corrected chi connectivity index (χ0v) is 8.84. The Kier molecular flexibility index (Phi) is 2.82. The van der Waals surface area contributed by atoms with Crippen molar-refractivity contribution in [1.82, 2.24) is 20.2 Å². The Morgan fingerprint density at radius 3 is 2.88 bits per heavy atom. The lowest BCUT2D eigenvalue weighted by atomic mass is 10.4. The van der Waals surface area contributed by atoms with E-state index in [9.17, 15) is 4.79 Å². The number of rotatable bonds is 4. The predicted molar refractivity (Wildman–Crippen MR) is 49.6 cm³/mol. The van der Waals surface area contributed by atoms with Gasteiger partial charge in [-0.05, 0) is 12.1 Å². The van der Waals surface area contributed by atoms with E-state index in [1.54, 1.807) is 14.0 Å². The van der Waals surface area contributed by atoms with Crippen LogP contribution >= 0.6 is 0 Å². The summed E-state index contributed by atoms with van der Waals surface area (Å²) in [5.74, 6) is 0.526. The number of ether oxygens (including phenoxy) is 1. The van der Waals surface area contributed by atoms with Crippen molar-refractivity contribution >= 4 is 0 Å². The highest BCUT2D eigenvalue weighted by Crippen LogP contribution is 2.05. The van der Waals surface area contributed by atoms with Crippen LogP contribution in [0.25, 0.3) is 0 Å². The van der Waals surface area contributed by atoms with Crippen molar-refractivity contribution in [3.63, 3.8) is 0 Å². The number of hydrogen-bond acceptors (Lipinski definition) is 7. The van der Waals surface area contributed by atoms with Crippen LogP contribution in [-0.2, 0) is 17.9 Å². The Morgan fingerprint density at radius 1 is 1.44 bits per heavy atom. The van der Waals surface area contributed by atoms with Crippen molar-refractivity contribution in [1.29, 1.82) is 0 Å². The topological polar surface area (TPSA) is 96.2 Å². The molecule has 16 heavy (non-hydrogen) atoms. The molecule has 2 aromatic heterocycles. The maximum absolute atomic E-state index is 10.8. The van der Waals surface area contributed by atoms with E-state index >= 15 is 0 Å². The molecule has 0 unspecified atom stereocenters. The molecule has 0 radical (unpaired) electrons. The molecule has 0 saturated heterocycles. The van der Waals surface area contributed by atoms with Crippen molar-refractivity contribution in [3.05, 3.63) is 28.0 Å². The normalized spacial score (nSPS) is 10.9. The zero-order valence-electron chi connectivity index (χ0n) is 8.84. The van der Waals surface area contributed by atoms with Gasteiger partial charge in [0.2, 0.25) is 0 Å². The summed E-state index contributed by atoms with van der Waals surface area (Å²) in [5, 5.41) is 11.5. The van der Waals surface area contributed by atoms with E-state index in [-0.39, 0.29) is 13.2 Å². The van der Waals surface area contributed by atoms with E-state index in [4.69, 9.17) is 13.6 Å². The quantitative estimate of drug-likeness (QED) is 0.707. The lowest BCUT2D eigenvalue weighted by Gasteiger charge is -1.93. The van der Waals surface area contributed by atoms with Gasteiger partial charge in [0.1, 0.15) is 18.9 Å². The fourth-order valence-corrected chi connectivity index (χ4v) is 1.18. The van der Waals surface area contributed by atoms with Gasteiger partial charge in [-0.3, -0.25) is 0 Å². The number of aromatic nitrogens is 4. The summed E-state index contributed by atoms with van der Waals surface area (Å²) >= 11 is 0. The highest BCUT2D eigenvalue weighted by atomic mass is 16.6. The number of tetrazole rings is 1. The molecule has 0 bridgehead atoms. The Balaban J connectivity index is 2.14. The van der Waals surface area contributed by atoms with Crippen molar-refractivity contribution in [2.45, 2.75) is 20.1 Å². The SMILES string of the molecule is COCc1nnn(Cc2oc(=O)oc2C)n1. The van der Waals surface area contributed by atoms with Crippen LogP contribution in [0.5, 0.6) is 0 Å². The maximum atomic E-state index is 10.8. The molecule has 8 nitrogen and oxygen atoms in total. The Bertz CT molecular complexity index is 526. The third-order valence-corrected chi connectivity index (χ3v) is 1.89. The third-order valence-electron chi connectivity index (χ3n) is 1.89. The summed E-state index contributed by atoms with van der Waals surface area (Å²) < 4.78 is 14.4. The van der Waals surface area contributed by atoms with Gasteiger partial charge in [-0.2, -0.15) is 4.80 Å². The van der Waals surface area contributed by atoms with Crippen molar-refractivity contribution in [2.24, 2.45) is 0 Å². The van der Waals surface area contributed by atoms with Gasteiger partial charge < -0.3 is 13.6 Å². The molecule has 0 aliphatic rings. The minimum atomic E-state index is -0.732. The lowest BCUT2D eigenvalue weighted by molar-refractivity contribution is 0.177. The first-order chi connectivity index (χ1) is 7.69. The lowest BCUT2D eigenvalue weighted by Crippen LogP contribution is -2.05. The molecule has 86 valence electrons. The van der Waals surface area contributed by atoms with Crippen LogP contribution in [-0.4, -0.2) is 27.3 Å². The van der Waals surface area contributed by atoms with Crippen LogP contribution in [0.4, 0.5) is 0 Å². The highest BCUT2D eigenvalue weighted by Gasteiger charge is 2.11. The Labute approximate surface area is 89.8 Å². The van der Waals surface area contributed by atoms with E-state index < -0.39 is 5.82 Å². The number of nitrogens with zero attached hydrogens (tertiary/aromatic N) is 4. The molecule has 2 heterocycles. The standard InChI is InChI=1S/C8H10N4O4/c1-5-6(16-8(13)15-5)3-12-10-7(4-14-2)9-11-12/h3-4H2,1-2H3. The van der Waals surface area contributed by atoms with E-state index in [0.717, 1.165) is 0 Å². The highest BCUT2D eigenvalue weighted by molar-refractivity contribution is 4.99.